The second-order valence-electron chi connectivity index (χ2n) is 7.75. The number of nitrogens with one attached hydrogen (secondary N) is 2. The number of hydrogen-bond donors (Lipinski definition) is 2. The summed E-state index contributed by atoms with van der Waals surface area (Å²) in [4.78, 5) is 4.42. The minimum atomic E-state index is 0. The van der Waals surface area contributed by atoms with Crippen molar-refractivity contribution in [1.29, 1.82) is 0 Å². The molecule has 1 spiro atoms. The summed E-state index contributed by atoms with van der Waals surface area (Å²) in [6, 6.07) is 0.547. The molecule has 4 nitrogen and oxygen atoms in total. The van der Waals surface area contributed by atoms with Gasteiger partial charge in [-0.2, -0.15) is 0 Å². The van der Waals surface area contributed by atoms with E-state index in [0.717, 1.165) is 12.6 Å². The number of ether oxygens (including phenoxy) is 1. The zero-order chi connectivity index (χ0) is 14.4. The second-order valence-corrected chi connectivity index (χ2v) is 7.75. The minimum absolute atomic E-state index is 0. The van der Waals surface area contributed by atoms with Crippen LogP contribution in [0.1, 0.15) is 52.9 Å². The van der Waals surface area contributed by atoms with Crippen LogP contribution in [0.2, 0.25) is 0 Å². The molecule has 3 aliphatic rings. The molecule has 0 amide bonds. The van der Waals surface area contributed by atoms with Gasteiger partial charge in [0.15, 0.2) is 5.96 Å². The van der Waals surface area contributed by atoms with E-state index in [1.807, 2.05) is 7.05 Å². The Morgan fingerprint density at radius 3 is 2.48 bits per heavy atom. The van der Waals surface area contributed by atoms with Gasteiger partial charge in [0.05, 0.1) is 6.10 Å². The molecule has 3 fully saturated rings. The highest BCUT2D eigenvalue weighted by Crippen LogP contribution is 2.60. The van der Waals surface area contributed by atoms with Crippen LogP contribution < -0.4 is 10.6 Å². The zero-order valence-electron chi connectivity index (χ0n) is 13.7. The largest absolute Gasteiger partial charge is 0.377 e. The van der Waals surface area contributed by atoms with Crippen molar-refractivity contribution in [3.63, 3.8) is 0 Å². The molecular weight excluding hydrogens is 377 g/mol. The standard InChI is InChI=1S/C16H29N3O.HI/c1-15(2,3)19-14(17-4)18-12-11-7-10-20-13(11)16(12)8-5-6-9-16;/h11-13H,5-10H2,1-4H3,(H2,17,18,19);1H. The molecule has 0 aromatic carbocycles. The van der Waals surface area contributed by atoms with Gasteiger partial charge in [-0.3, -0.25) is 4.99 Å². The summed E-state index contributed by atoms with van der Waals surface area (Å²) in [5.41, 5.74) is 0.427. The molecule has 0 aromatic rings. The van der Waals surface area contributed by atoms with Crippen molar-refractivity contribution in [3.8, 4) is 0 Å². The fourth-order valence-corrected chi connectivity index (χ4v) is 4.56. The van der Waals surface area contributed by atoms with Crippen LogP contribution in [0.25, 0.3) is 0 Å². The number of halogens is 1. The van der Waals surface area contributed by atoms with Crippen LogP contribution in [-0.4, -0.2) is 37.3 Å². The lowest BCUT2D eigenvalue weighted by atomic mass is 9.54. The van der Waals surface area contributed by atoms with Gasteiger partial charge in [0, 0.05) is 36.6 Å². The van der Waals surface area contributed by atoms with Gasteiger partial charge >= 0.3 is 0 Å². The van der Waals surface area contributed by atoms with Crippen molar-refractivity contribution < 1.29 is 4.74 Å². The summed E-state index contributed by atoms with van der Waals surface area (Å²) in [5.74, 6) is 1.63. The quantitative estimate of drug-likeness (QED) is 0.399. The van der Waals surface area contributed by atoms with Crippen LogP contribution in [0, 0.1) is 11.3 Å². The predicted molar refractivity (Wildman–Crippen MR) is 97.3 cm³/mol. The Morgan fingerprint density at radius 2 is 1.90 bits per heavy atom. The molecule has 0 radical (unpaired) electrons. The molecule has 5 heteroatoms. The molecule has 0 bridgehead atoms. The first-order chi connectivity index (χ1) is 9.46. The van der Waals surface area contributed by atoms with Crippen molar-refractivity contribution in [3.05, 3.63) is 0 Å². The van der Waals surface area contributed by atoms with E-state index >= 15 is 0 Å². The molecule has 122 valence electrons. The molecule has 3 atom stereocenters. The smallest absolute Gasteiger partial charge is 0.191 e. The maximum Gasteiger partial charge on any atom is 0.191 e. The molecule has 21 heavy (non-hydrogen) atoms. The molecule has 2 aliphatic carbocycles. The number of hydrogen-bond acceptors (Lipinski definition) is 2. The average molecular weight is 407 g/mol. The molecule has 3 rings (SSSR count). The number of fused-ring (bicyclic) bond motifs is 2. The summed E-state index contributed by atoms with van der Waals surface area (Å²) in [6.45, 7) is 7.47. The molecule has 1 saturated heterocycles. The lowest BCUT2D eigenvalue weighted by Gasteiger charge is -2.57. The first-order valence-corrected chi connectivity index (χ1v) is 8.09. The third-order valence-corrected chi connectivity index (χ3v) is 5.30. The van der Waals surface area contributed by atoms with E-state index < -0.39 is 0 Å². The van der Waals surface area contributed by atoms with Gasteiger partial charge in [-0.1, -0.05) is 12.8 Å². The number of guanidine groups is 1. The van der Waals surface area contributed by atoms with E-state index in [1.54, 1.807) is 0 Å². The van der Waals surface area contributed by atoms with E-state index in [2.05, 4.69) is 36.4 Å². The van der Waals surface area contributed by atoms with Gasteiger partial charge < -0.3 is 15.4 Å². The predicted octanol–water partition coefficient (Wildman–Crippen LogP) is 2.92. The fourth-order valence-electron chi connectivity index (χ4n) is 4.56. The SMILES string of the molecule is CN=C(NC1C2CCOC2C12CCCC2)NC(C)(C)C.I. The van der Waals surface area contributed by atoms with Crippen molar-refractivity contribution >= 4 is 29.9 Å². The molecule has 0 aromatic heterocycles. The second kappa shape index (κ2) is 6.22. The first-order valence-electron chi connectivity index (χ1n) is 8.09. The monoisotopic (exact) mass is 407 g/mol. The number of rotatable bonds is 1. The summed E-state index contributed by atoms with van der Waals surface area (Å²) in [7, 11) is 1.86. The normalized spacial score (nSPS) is 34.1. The third-order valence-electron chi connectivity index (χ3n) is 5.30. The Morgan fingerprint density at radius 1 is 1.24 bits per heavy atom. The van der Waals surface area contributed by atoms with Gasteiger partial charge in [-0.15, -0.1) is 24.0 Å². The third kappa shape index (κ3) is 3.05. The molecule has 2 N–H and O–H groups in total. The highest BCUT2D eigenvalue weighted by molar-refractivity contribution is 14.0. The van der Waals surface area contributed by atoms with Crippen LogP contribution in [0.4, 0.5) is 0 Å². The van der Waals surface area contributed by atoms with Crippen LogP contribution in [0.3, 0.4) is 0 Å². The van der Waals surface area contributed by atoms with Crippen molar-refractivity contribution in [2.45, 2.75) is 70.6 Å². The van der Waals surface area contributed by atoms with Crippen LogP contribution in [0.15, 0.2) is 4.99 Å². The Kier molecular flexibility index (Phi) is 5.13. The minimum Gasteiger partial charge on any atom is -0.377 e. The average Bonchev–Trinajstić information content (AvgIpc) is 3.00. The Labute approximate surface area is 145 Å². The highest BCUT2D eigenvalue weighted by Gasteiger charge is 2.65. The summed E-state index contributed by atoms with van der Waals surface area (Å²) < 4.78 is 6.04. The van der Waals surface area contributed by atoms with Crippen LogP contribution in [0.5, 0.6) is 0 Å². The van der Waals surface area contributed by atoms with Gasteiger partial charge in [-0.05, 0) is 40.0 Å². The van der Waals surface area contributed by atoms with Gasteiger partial charge in [-0.25, -0.2) is 0 Å². The van der Waals surface area contributed by atoms with E-state index in [-0.39, 0.29) is 29.5 Å². The molecule has 1 aliphatic heterocycles. The van der Waals surface area contributed by atoms with Crippen LogP contribution in [-0.2, 0) is 4.74 Å². The summed E-state index contributed by atoms with van der Waals surface area (Å²) in [5, 5.41) is 7.21. The maximum atomic E-state index is 6.04. The van der Waals surface area contributed by atoms with Crippen LogP contribution >= 0.6 is 24.0 Å². The lowest BCUT2D eigenvalue weighted by molar-refractivity contribution is -0.125. The van der Waals surface area contributed by atoms with Gasteiger partial charge in [0.25, 0.3) is 0 Å². The zero-order valence-corrected chi connectivity index (χ0v) is 16.1. The lowest BCUT2D eigenvalue weighted by Crippen LogP contribution is -2.70. The molecule has 2 saturated carbocycles. The van der Waals surface area contributed by atoms with E-state index in [4.69, 9.17) is 4.74 Å². The number of aliphatic imine (C=N–C) groups is 1. The Bertz CT molecular complexity index is 399. The Hall–Kier alpha value is -0.0400. The van der Waals surface area contributed by atoms with E-state index in [0.29, 0.717) is 23.5 Å². The molecule has 3 unspecified atom stereocenters. The van der Waals surface area contributed by atoms with Gasteiger partial charge in [0.1, 0.15) is 0 Å². The van der Waals surface area contributed by atoms with Crippen molar-refractivity contribution in [1.82, 2.24) is 10.6 Å². The molecule has 1 heterocycles. The summed E-state index contributed by atoms with van der Waals surface area (Å²) >= 11 is 0. The highest BCUT2D eigenvalue weighted by atomic mass is 127. The topological polar surface area (TPSA) is 45.7 Å². The summed E-state index contributed by atoms with van der Waals surface area (Å²) in [6.07, 6.45) is 7.06. The maximum absolute atomic E-state index is 6.04. The van der Waals surface area contributed by atoms with Crippen molar-refractivity contribution in [2.75, 3.05) is 13.7 Å². The molecular formula is C16H30IN3O. The number of nitrogens with zero attached hydrogens (tertiary/aromatic N) is 1. The first kappa shape index (κ1) is 17.3. The van der Waals surface area contributed by atoms with Gasteiger partial charge in [0.2, 0.25) is 0 Å². The Balaban J connectivity index is 0.00000161. The fraction of sp³-hybridized carbons (Fsp3) is 0.938. The van der Waals surface area contributed by atoms with E-state index in [1.165, 1.54) is 32.1 Å². The van der Waals surface area contributed by atoms with E-state index in [9.17, 15) is 0 Å². The van der Waals surface area contributed by atoms with Crippen molar-refractivity contribution in [2.24, 2.45) is 16.3 Å².